The number of rotatable bonds is 4. The van der Waals surface area contributed by atoms with Crippen molar-refractivity contribution in [3.63, 3.8) is 0 Å². The van der Waals surface area contributed by atoms with Crippen LogP contribution in [0.25, 0.3) is 0 Å². The van der Waals surface area contributed by atoms with Gasteiger partial charge in [-0.05, 0) is 19.3 Å². The lowest BCUT2D eigenvalue weighted by Crippen LogP contribution is -2.41. The molecule has 0 aromatic heterocycles. The van der Waals surface area contributed by atoms with Crippen LogP contribution in [0.1, 0.15) is 19.3 Å². The monoisotopic (exact) mass is 242 g/mol. The summed E-state index contributed by atoms with van der Waals surface area (Å²) in [7, 11) is 1.79. The Morgan fingerprint density at radius 2 is 2.29 bits per heavy atom. The van der Waals surface area contributed by atoms with Gasteiger partial charge in [-0.3, -0.25) is 4.79 Å². The van der Waals surface area contributed by atoms with Gasteiger partial charge >= 0.3 is 5.97 Å². The molecular formula is C11H18N2O4. The number of carboxylic acid groups (broad SMARTS) is 1. The van der Waals surface area contributed by atoms with Crippen molar-refractivity contribution in [3.05, 3.63) is 0 Å². The van der Waals surface area contributed by atoms with Gasteiger partial charge in [-0.1, -0.05) is 0 Å². The maximum Gasteiger partial charge on any atom is 0.332 e. The molecule has 0 saturated carbocycles. The summed E-state index contributed by atoms with van der Waals surface area (Å²) in [6.07, 6.45) is 1.34. The molecule has 0 aromatic rings. The largest absolute Gasteiger partial charge is 0.479 e. The molecular weight excluding hydrogens is 224 g/mol. The second-order valence-corrected chi connectivity index (χ2v) is 4.67. The van der Waals surface area contributed by atoms with Crippen LogP contribution >= 0.6 is 0 Å². The van der Waals surface area contributed by atoms with Gasteiger partial charge < -0.3 is 20.1 Å². The molecule has 0 spiro atoms. The van der Waals surface area contributed by atoms with E-state index in [9.17, 15) is 9.59 Å². The van der Waals surface area contributed by atoms with Crippen LogP contribution in [0.15, 0.2) is 0 Å². The Morgan fingerprint density at radius 1 is 1.53 bits per heavy atom. The Morgan fingerprint density at radius 3 is 2.82 bits per heavy atom. The first-order valence-electron chi connectivity index (χ1n) is 5.94. The molecule has 0 aromatic carbocycles. The zero-order valence-corrected chi connectivity index (χ0v) is 9.89. The van der Waals surface area contributed by atoms with Gasteiger partial charge in [0.25, 0.3) is 0 Å². The van der Waals surface area contributed by atoms with Crippen LogP contribution in [0.3, 0.4) is 0 Å². The highest BCUT2D eigenvalue weighted by Gasteiger charge is 2.33. The van der Waals surface area contributed by atoms with Crippen molar-refractivity contribution in [1.82, 2.24) is 10.2 Å². The molecule has 3 unspecified atom stereocenters. The fourth-order valence-electron chi connectivity index (χ4n) is 2.32. The summed E-state index contributed by atoms with van der Waals surface area (Å²) in [6, 6.07) is -0.132. The second-order valence-electron chi connectivity index (χ2n) is 4.67. The fraction of sp³-hybridized carbons (Fsp3) is 0.818. The van der Waals surface area contributed by atoms with Crippen molar-refractivity contribution >= 4 is 11.9 Å². The number of ether oxygens (including phenoxy) is 1. The highest BCUT2D eigenvalue weighted by atomic mass is 16.5. The van der Waals surface area contributed by atoms with Gasteiger partial charge in [0.05, 0.1) is 12.1 Å². The maximum atomic E-state index is 11.6. The number of hydrogen-bond donors (Lipinski definition) is 2. The van der Waals surface area contributed by atoms with E-state index in [1.165, 1.54) is 0 Å². The normalized spacial score (nSPS) is 33.4. The zero-order valence-electron chi connectivity index (χ0n) is 9.89. The first-order valence-corrected chi connectivity index (χ1v) is 5.94. The van der Waals surface area contributed by atoms with Crippen LogP contribution in [0.4, 0.5) is 0 Å². The summed E-state index contributed by atoms with van der Waals surface area (Å²) in [6.45, 7) is 1.33. The maximum absolute atomic E-state index is 11.6. The van der Waals surface area contributed by atoms with Gasteiger partial charge in [-0.25, -0.2) is 4.79 Å². The molecule has 2 rings (SSSR count). The average molecular weight is 242 g/mol. The summed E-state index contributed by atoms with van der Waals surface area (Å²) in [5.74, 6) is -0.790. The van der Waals surface area contributed by atoms with E-state index < -0.39 is 12.1 Å². The number of carbonyl (C=O) groups is 2. The smallest absolute Gasteiger partial charge is 0.332 e. The summed E-state index contributed by atoms with van der Waals surface area (Å²) in [5.41, 5.74) is 0. The predicted molar refractivity (Wildman–Crippen MR) is 59.6 cm³/mol. The van der Waals surface area contributed by atoms with Crippen LogP contribution < -0.4 is 5.32 Å². The number of likely N-dealkylation sites (tertiary alicyclic amines) is 1. The summed E-state index contributed by atoms with van der Waals surface area (Å²) in [5, 5.41) is 11.9. The van der Waals surface area contributed by atoms with Crippen molar-refractivity contribution < 1.29 is 19.4 Å². The summed E-state index contributed by atoms with van der Waals surface area (Å²) in [4.78, 5) is 24.0. The first kappa shape index (κ1) is 12.3. The standard InChI is InChI=1S/C11H18N2O4/c1-13-5-4-8(10(13)14)12-6-7-2-3-9(17-7)11(15)16/h7-9,12H,2-6H2,1H3,(H,15,16). The van der Waals surface area contributed by atoms with Crippen LogP contribution in [0.2, 0.25) is 0 Å². The van der Waals surface area contributed by atoms with E-state index in [1.54, 1.807) is 11.9 Å². The van der Waals surface area contributed by atoms with Gasteiger partial charge in [-0.2, -0.15) is 0 Å². The molecule has 2 saturated heterocycles. The van der Waals surface area contributed by atoms with Gasteiger partial charge in [0, 0.05) is 20.1 Å². The second kappa shape index (κ2) is 5.01. The number of nitrogens with one attached hydrogen (secondary N) is 1. The Bertz CT molecular complexity index is 321. The number of hydrogen-bond acceptors (Lipinski definition) is 4. The summed E-state index contributed by atoms with van der Waals surface area (Å²) >= 11 is 0. The molecule has 2 N–H and O–H groups in total. The Labute approximate surface area is 99.9 Å². The molecule has 0 bridgehead atoms. The Hall–Kier alpha value is -1.14. The number of amides is 1. The van der Waals surface area contributed by atoms with Gasteiger partial charge in [0.2, 0.25) is 5.91 Å². The molecule has 2 fully saturated rings. The third-order valence-corrected chi connectivity index (χ3v) is 3.40. The molecule has 1 amide bonds. The van der Waals surface area contributed by atoms with E-state index in [0.717, 1.165) is 19.4 Å². The molecule has 3 atom stereocenters. The van der Waals surface area contributed by atoms with Crippen molar-refractivity contribution in [2.24, 2.45) is 0 Å². The molecule has 2 aliphatic heterocycles. The first-order chi connectivity index (χ1) is 8.08. The topological polar surface area (TPSA) is 78.9 Å². The van der Waals surface area contributed by atoms with Crippen LogP contribution in [-0.4, -0.2) is 60.3 Å². The molecule has 2 aliphatic rings. The van der Waals surface area contributed by atoms with Gasteiger partial charge in [0.1, 0.15) is 0 Å². The Balaban J connectivity index is 1.73. The fourth-order valence-corrected chi connectivity index (χ4v) is 2.32. The third-order valence-electron chi connectivity index (χ3n) is 3.40. The quantitative estimate of drug-likeness (QED) is 0.691. The van der Waals surface area contributed by atoms with Crippen molar-refractivity contribution in [1.29, 1.82) is 0 Å². The number of nitrogens with zero attached hydrogens (tertiary/aromatic N) is 1. The zero-order chi connectivity index (χ0) is 12.4. The van der Waals surface area contributed by atoms with E-state index in [-0.39, 0.29) is 18.1 Å². The van der Waals surface area contributed by atoms with Gasteiger partial charge in [-0.15, -0.1) is 0 Å². The minimum Gasteiger partial charge on any atom is -0.479 e. The third kappa shape index (κ3) is 2.76. The van der Waals surface area contributed by atoms with E-state index in [1.807, 2.05) is 0 Å². The number of carbonyl (C=O) groups excluding carboxylic acids is 1. The van der Waals surface area contributed by atoms with Crippen LogP contribution in [-0.2, 0) is 14.3 Å². The highest BCUT2D eigenvalue weighted by Crippen LogP contribution is 2.19. The molecule has 0 radical (unpaired) electrons. The Kier molecular flexibility index (Phi) is 3.63. The predicted octanol–water partition coefficient (Wildman–Crippen LogP) is -0.561. The van der Waals surface area contributed by atoms with Crippen molar-refractivity contribution in [2.75, 3.05) is 20.1 Å². The van der Waals surface area contributed by atoms with E-state index in [4.69, 9.17) is 9.84 Å². The van der Waals surface area contributed by atoms with Crippen molar-refractivity contribution in [3.8, 4) is 0 Å². The molecule has 0 aliphatic carbocycles. The molecule has 17 heavy (non-hydrogen) atoms. The minimum absolute atomic E-state index is 0.0881. The lowest BCUT2D eigenvalue weighted by atomic mass is 10.2. The molecule has 2 heterocycles. The number of likely N-dealkylation sites (N-methyl/N-ethyl adjacent to an activating group) is 1. The molecule has 6 nitrogen and oxygen atoms in total. The van der Waals surface area contributed by atoms with Crippen LogP contribution in [0, 0.1) is 0 Å². The van der Waals surface area contributed by atoms with Gasteiger partial charge in [0.15, 0.2) is 6.10 Å². The SMILES string of the molecule is CN1CCC(NCC2CCC(C(=O)O)O2)C1=O. The van der Waals surface area contributed by atoms with E-state index in [2.05, 4.69) is 5.32 Å². The minimum atomic E-state index is -0.899. The number of carboxylic acids is 1. The van der Waals surface area contributed by atoms with E-state index >= 15 is 0 Å². The van der Waals surface area contributed by atoms with Crippen molar-refractivity contribution in [2.45, 2.75) is 37.5 Å². The highest BCUT2D eigenvalue weighted by molar-refractivity contribution is 5.83. The average Bonchev–Trinajstić information content (AvgIpc) is 2.86. The summed E-state index contributed by atoms with van der Waals surface area (Å²) < 4.78 is 5.36. The lowest BCUT2D eigenvalue weighted by Gasteiger charge is -2.16. The van der Waals surface area contributed by atoms with E-state index in [0.29, 0.717) is 13.0 Å². The van der Waals surface area contributed by atoms with Crippen LogP contribution in [0.5, 0.6) is 0 Å². The molecule has 96 valence electrons. The lowest BCUT2D eigenvalue weighted by molar-refractivity contribution is -0.149. The molecule has 6 heteroatoms. The number of aliphatic carboxylic acids is 1.